The van der Waals surface area contributed by atoms with Crippen LogP contribution in [-0.2, 0) is 26.1 Å². The monoisotopic (exact) mass is 574 g/mol. The Morgan fingerprint density at radius 2 is 1.76 bits per heavy atom. The molecule has 0 saturated carbocycles. The SMILES string of the molecule is CCc1nncn1CCNC(=NCc1ccccc1)NCc1ccc(OC(F)(F)F)cc1.I. The van der Waals surface area contributed by atoms with Crippen molar-refractivity contribution >= 4 is 29.9 Å². The van der Waals surface area contributed by atoms with Crippen LogP contribution in [0.4, 0.5) is 13.2 Å². The predicted molar refractivity (Wildman–Crippen MR) is 130 cm³/mol. The molecule has 1 heterocycles. The number of guanidine groups is 1. The van der Waals surface area contributed by atoms with Gasteiger partial charge in [-0.3, -0.25) is 0 Å². The first-order valence-corrected chi connectivity index (χ1v) is 10.2. The van der Waals surface area contributed by atoms with E-state index in [1.54, 1.807) is 18.5 Å². The third-order valence-corrected chi connectivity index (χ3v) is 4.54. The van der Waals surface area contributed by atoms with E-state index in [4.69, 9.17) is 0 Å². The lowest BCUT2D eigenvalue weighted by atomic mass is 10.2. The molecular formula is C22H26F3IN6O. The van der Waals surface area contributed by atoms with E-state index >= 15 is 0 Å². The van der Waals surface area contributed by atoms with E-state index in [0.29, 0.717) is 32.1 Å². The second-order valence-corrected chi connectivity index (χ2v) is 6.92. The van der Waals surface area contributed by atoms with Crippen LogP contribution in [0.1, 0.15) is 23.9 Å². The summed E-state index contributed by atoms with van der Waals surface area (Å²) in [7, 11) is 0. The molecule has 0 aliphatic carbocycles. The molecule has 0 radical (unpaired) electrons. The fourth-order valence-corrected chi connectivity index (χ4v) is 2.96. The maximum absolute atomic E-state index is 12.3. The van der Waals surface area contributed by atoms with Gasteiger partial charge in [0.25, 0.3) is 0 Å². The Morgan fingerprint density at radius 3 is 2.42 bits per heavy atom. The number of aromatic nitrogens is 3. The minimum Gasteiger partial charge on any atom is -0.406 e. The Hall–Kier alpha value is -2.83. The van der Waals surface area contributed by atoms with Crippen molar-refractivity contribution < 1.29 is 17.9 Å². The highest BCUT2D eigenvalue weighted by molar-refractivity contribution is 14.0. The average molecular weight is 574 g/mol. The van der Waals surface area contributed by atoms with Gasteiger partial charge in [-0.1, -0.05) is 49.4 Å². The Kier molecular flexibility index (Phi) is 10.4. The van der Waals surface area contributed by atoms with Gasteiger partial charge >= 0.3 is 6.36 Å². The highest BCUT2D eigenvalue weighted by atomic mass is 127. The van der Waals surface area contributed by atoms with Gasteiger partial charge in [-0.2, -0.15) is 0 Å². The lowest BCUT2D eigenvalue weighted by Crippen LogP contribution is -2.38. The van der Waals surface area contributed by atoms with Crippen LogP contribution in [0.5, 0.6) is 5.75 Å². The van der Waals surface area contributed by atoms with Crippen LogP contribution in [-0.4, -0.2) is 33.6 Å². The number of aliphatic imine (C=N–C) groups is 1. The second-order valence-electron chi connectivity index (χ2n) is 6.92. The lowest BCUT2D eigenvalue weighted by molar-refractivity contribution is -0.274. The normalized spacial score (nSPS) is 11.6. The highest BCUT2D eigenvalue weighted by Gasteiger charge is 2.30. The minimum atomic E-state index is -4.71. The molecule has 0 unspecified atom stereocenters. The maximum atomic E-state index is 12.3. The molecule has 0 bridgehead atoms. The molecule has 1 aromatic heterocycles. The Labute approximate surface area is 207 Å². The Morgan fingerprint density at radius 1 is 1.03 bits per heavy atom. The quantitative estimate of drug-likeness (QED) is 0.227. The van der Waals surface area contributed by atoms with E-state index in [-0.39, 0.29) is 29.7 Å². The molecule has 0 atom stereocenters. The van der Waals surface area contributed by atoms with Gasteiger partial charge in [0.15, 0.2) is 5.96 Å². The van der Waals surface area contributed by atoms with Crippen molar-refractivity contribution in [2.75, 3.05) is 6.54 Å². The molecular weight excluding hydrogens is 548 g/mol. The molecule has 0 amide bonds. The summed E-state index contributed by atoms with van der Waals surface area (Å²) >= 11 is 0. The smallest absolute Gasteiger partial charge is 0.406 e. The van der Waals surface area contributed by atoms with Gasteiger partial charge in [0, 0.05) is 26.1 Å². The second kappa shape index (κ2) is 13.0. The zero-order valence-corrected chi connectivity index (χ0v) is 20.4. The predicted octanol–water partition coefficient (Wildman–Crippen LogP) is 4.29. The van der Waals surface area contributed by atoms with Crippen molar-refractivity contribution in [2.45, 2.75) is 39.3 Å². The summed E-state index contributed by atoms with van der Waals surface area (Å²) in [4.78, 5) is 4.62. The fraction of sp³-hybridized carbons (Fsp3) is 0.318. The summed E-state index contributed by atoms with van der Waals surface area (Å²) in [5.41, 5.74) is 1.86. The number of nitrogens with one attached hydrogen (secondary N) is 2. The third-order valence-electron chi connectivity index (χ3n) is 4.54. The number of hydrogen-bond acceptors (Lipinski definition) is 4. The molecule has 0 spiro atoms. The standard InChI is InChI=1S/C22H25F3N6O.HI/c1-2-20-30-29-16-31(20)13-12-26-21(27-14-17-6-4-3-5-7-17)28-15-18-8-10-19(11-9-18)32-22(23,24)25;/h3-11,16H,2,12-15H2,1H3,(H2,26,27,28);1H. The molecule has 3 aromatic rings. The lowest BCUT2D eigenvalue weighted by Gasteiger charge is -2.14. The average Bonchev–Trinajstić information content (AvgIpc) is 3.23. The van der Waals surface area contributed by atoms with E-state index < -0.39 is 6.36 Å². The summed E-state index contributed by atoms with van der Waals surface area (Å²) in [6.45, 7) is 4.17. The number of halogens is 4. The van der Waals surface area contributed by atoms with E-state index in [1.165, 1.54) is 12.1 Å². The molecule has 0 aliphatic heterocycles. The highest BCUT2D eigenvalue weighted by Crippen LogP contribution is 2.22. The first-order chi connectivity index (χ1) is 15.4. The number of benzene rings is 2. The van der Waals surface area contributed by atoms with Crippen molar-refractivity contribution in [3.8, 4) is 5.75 Å². The molecule has 0 aliphatic rings. The number of rotatable bonds is 9. The third kappa shape index (κ3) is 9.28. The largest absolute Gasteiger partial charge is 0.573 e. The van der Waals surface area contributed by atoms with Gasteiger partial charge < -0.3 is 19.9 Å². The topological polar surface area (TPSA) is 76.4 Å². The van der Waals surface area contributed by atoms with Crippen LogP contribution in [0.25, 0.3) is 0 Å². The summed E-state index contributed by atoms with van der Waals surface area (Å²) in [5, 5.41) is 14.5. The van der Waals surface area contributed by atoms with E-state index in [0.717, 1.165) is 23.4 Å². The number of alkyl halides is 3. The van der Waals surface area contributed by atoms with Gasteiger partial charge in [-0.05, 0) is 23.3 Å². The van der Waals surface area contributed by atoms with Gasteiger partial charge in [-0.15, -0.1) is 47.3 Å². The molecule has 0 saturated heterocycles. The van der Waals surface area contributed by atoms with Crippen LogP contribution >= 0.6 is 24.0 Å². The van der Waals surface area contributed by atoms with Crippen LogP contribution in [0, 0.1) is 0 Å². The molecule has 33 heavy (non-hydrogen) atoms. The summed E-state index contributed by atoms with van der Waals surface area (Å²) in [6, 6.07) is 15.6. The molecule has 11 heteroatoms. The van der Waals surface area contributed by atoms with Gasteiger partial charge in [0.05, 0.1) is 6.54 Å². The number of hydrogen-bond donors (Lipinski definition) is 2. The molecule has 7 nitrogen and oxygen atoms in total. The van der Waals surface area contributed by atoms with Gasteiger partial charge in [0.1, 0.15) is 17.9 Å². The summed E-state index contributed by atoms with van der Waals surface area (Å²) in [5.74, 6) is 1.25. The Bertz CT molecular complexity index is 993. The van der Waals surface area contributed by atoms with Crippen molar-refractivity contribution in [3.63, 3.8) is 0 Å². The molecule has 2 N–H and O–H groups in total. The maximum Gasteiger partial charge on any atom is 0.573 e. The number of ether oxygens (including phenoxy) is 1. The number of aryl methyl sites for hydroxylation is 1. The van der Waals surface area contributed by atoms with E-state index in [2.05, 4.69) is 30.6 Å². The van der Waals surface area contributed by atoms with Crippen molar-refractivity contribution in [1.29, 1.82) is 0 Å². The molecule has 178 valence electrons. The van der Waals surface area contributed by atoms with Crippen LogP contribution < -0.4 is 15.4 Å². The van der Waals surface area contributed by atoms with Crippen molar-refractivity contribution in [2.24, 2.45) is 4.99 Å². The van der Waals surface area contributed by atoms with Crippen molar-refractivity contribution in [1.82, 2.24) is 25.4 Å². The Balaban J connectivity index is 0.00000385. The zero-order valence-electron chi connectivity index (χ0n) is 18.0. The van der Waals surface area contributed by atoms with Crippen molar-refractivity contribution in [3.05, 3.63) is 77.9 Å². The molecule has 3 rings (SSSR count). The zero-order chi connectivity index (χ0) is 22.8. The van der Waals surface area contributed by atoms with E-state index in [1.807, 2.05) is 41.8 Å². The van der Waals surface area contributed by atoms with Crippen LogP contribution in [0.3, 0.4) is 0 Å². The number of nitrogens with zero attached hydrogens (tertiary/aromatic N) is 4. The first-order valence-electron chi connectivity index (χ1n) is 10.2. The van der Waals surface area contributed by atoms with Gasteiger partial charge in [0.2, 0.25) is 0 Å². The minimum absolute atomic E-state index is 0. The molecule has 0 fully saturated rings. The van der Waals surface area contributed by atoms with Crippen LogP contribution in [0.15, 0.2) is 65.9 Å². The fourth-order valence-electron chi connectivity index (χ4n) is 2.96. The van der Waals surface area contributed by atoms with E-state index in [9.17, 15) is 13.2 Å². The van der Waals surface area contributed by atoms with Crippen LogP contribution in [0.2, 0.25) is 0 Å². The first kappa shape index (κ1) is 26.4. The summed E-state index contributed by atoms with van der Waals surface area (Å²) in [6.07, 6.45) is -2.22. The summed E-state index contributed by atoms with van der Waals surface area (Å²) < 4.78 is 42.8. The molecule has 2 aromatic carbocycles. The van der Waals surface area contributed by atoms with Gasteiger partial charge in [-0.25, -0.2) is 4.99 Å².